The molecule has 5 heteroatoms. The van der Waals surface area contributed by atoms with Crippen molar-refractivity contribution < 1.29 is 0 Å². The molecule has 0 saturated heterocycles. The zero-order chi connectivity index (χ0) is 13.0. The van der Waals surface area contributed by atoms with Gasteiger partial charge in [-0.05, 0) is 25.1 Å². The van der Waals surface area contributed by atoms with E-state index in [0.717, 1.165) is 24.4 Å². The van der Waals surface area contributed by atoms with Crippen LogP contribution >= 0.6 is 0 Å². The number of nitrogens with zero attached hydrogens (tertiary/aromatic N) is 4. The zero-order valence-electron chi connectivity index (χ0n) is 11.1. The molecule has 2 heterocycles. The minimum absolute atomic E-state index is 0.170. The lowest BCUT2D eigenvalue weighted by molar-refractivity contribution is 0.537. The highest BCUT2D eigenvalue weighted by molar-refractivity contribution is 5.23. The number of likely N-dealkylation sites (N-methyl/N-ethyl adjacent to an activating group) is 1. The van der Waals surface area contributed by atoms with Gasteiger partial charge in [-0.15, -0.1) is 0 Å². The molecule has 0 aliphatic carbocycles. The van der Waals surface area contributed by atoms with Gasteiger partial charge < -0.3 is 5.32 Å². The third-order valence-corrected chi connectivity index (χ3v) is 3.18. The van der Waals surface area contributed by atoms with Crippen LogP contribution < -0.4 is 5.32 Å². The van der Waals surface area contributed by atoms with E-state index in [9.17, 15) is 0 Å². The van der Waals surface area contributed by atoms with Gasteiger partial charge in [-0.3, -0.25) is 9.67 Å². The second-order valence-corrected chi connectivity index (χ2v) is 4.25. The maximum Gasteiger partial charge on any atom is 0.138 e. The normalized spacial score (nSPS) is 12.6. The molecule has 18 heavy (non-hydrogen) atoms. The zero-order valence-corrected chi connectivity index (χ0v) is 11.1. The van der Waals surface area contributed by atoms with Crippen LogP contribution in [0.1, 0.15) is 30.0 Å². The smallest absolute Gasteiger partial charge is 0.138 e. The van der Waals surface area contributed by atoms with Crippen LogP contribution in [0.15, 0.2) is 24.7 Å². The molecule has 0 spiro atoms. The average molecular weight is 245 g/mol. The first kappa shape index (κ1) is 12.7. The van der Waals surface area contributed by atoms with Crippen molar-refractivity contribution >= 4 is 0 Å². The first-order valence-corrected chi connectivity index (χ1v) is 6.20. The predicted octanol–water partition coefficient (Wildman–Crippen LogP) is 1.28. The molecule has 1 atom stereocenters. The summed E-state index contributed by atoms with van der Waals surface area (Å²) in [4.78, 5) is 8.78. The topological polar surface area (TPSA) is 55.6 Å². The Morgan fingerprint density at radius 3 is 2.83 bits per heavy atom. The number of rotatable bonds is 5. The first-order chi connectivity index (χ1) is 8.76. The van der Waals surface area contributed by atoms with Crippen molar-refractivity contribution in [1.29, 1.82) is 0 Å². The SMILES string of the molecule is CCc1cccnc1C(Cc1ncnn1C)NC. The van der Waals surface area contributed by atoms with Gasteiger partial charge >= 0.3 is 0 Å². The van der Waals surface area contributed by atoms with E-state index in [1.807, 2.05) is 26.4 Å². The van der Waals surface area contributed by atoms with Crippen LogP contribution in [0.5, 0.6) is 0 Å². The number of aryl methyl sites for hydroxylation is 2. The Balaban J connectivity index is 2.25. The van der Waals surface area contributed by atoms with Gasteiger partial charge in [0.05, 0.1) is 11.7 Å². The van der Waals surface area contributed by atoms with Gasteiger partial charge in [0.1, 0.15) is 12.2 Å². The summed E-state index contributed by atoms with van der Waals surface area (Å²) in [5, 5.41) is 7.41. The highest BCUT2D eigenvalue weighted by Crippen LogP contribution is 2.19. The highest BCUT2D eigenvalue weighted by Gasteiger charge is 2.17. The first-order valence-electron chi connectivity index (χ1n) is 6.20. The maximum absolute atomic E-state index is 4.51. The molecule has 0 amide bonds. The van der Waals surface area contributed by atoms with Gasteiger partial charge in [0.25, 0.3) is 0 Å². The molecule has 0 aliphatic rings. The van der Waals surface area contributed by atoms with E-state index in [1.165, 1.54) is 5.56 Å². The van der Waals surface area contributed by atoms with Crippen LogP contribution in [0, 0.1) is 0 Å². The van der Waals surface area contributed by atoms with Crippen LogP contribution in [0.3, 0.4) is 0 Å². The third-order valence-electron chi connectivity index (χ3n) is 3.18. The molecule has 1 N–H and O–H groups in total. The van der Waals surface area contributed by atoms with E-state index in [1.54, 1.807) is 11.0 Å². The van der Waals surface area contributed by atoms with Crippen molar-refractivity contribution in [2.75, 3.05) is 7.05 Å². The summed E-state index contributed by atoms with van der Waals surface area (Å²) in [7, 11) is 3.86. The van der Waals surface area contributed by atoms with E-state index >= 15 is 0 Å². The van der Waals surface area contributed by atoms with Crippen LogP contribution in [0.4, 0.5) is 0 Å². The lowest BCUT2D eigenvalue weighted by Crippen LogP contribution is -2.23. The van der Waals surface area contributed by atoms with Gasteiger partial charge in [0.15, 0.2) is 0 Å². The fraction of sp³-hybridized carbons (Fsp3) is 0.462. The standard InChI is InChI=1S/C13H19N5/c1-4-10-6-5-7-15-13(10)11(14-2)8-12-16-9-17-18(12)3/h5-7,9,11,14H,4,8H2,1-3H3. The summed E-state index contributed by atoms with van der Waals surface area (Å²) in [6.07, 6.45) is 5.20. The molecule has 2 aromatic heterocycles. The fourth-order valence-corrected chi connectivity index (χ4v) is 2.09. The number of aromatic nitrogens is 4. The van der Waals surface area contributed by atoms with Crippen molar-refractivity contribution in [2.24, 2.45) is 7.05 Å². The van der Waals surface area contributed by atoms with Gasteiger partial charge in [-0.25, -0.2) is 4.98 Å². The number of pyridine rings is 1. The molecule has 0 saturated carbocycles. The lowest BCUT2D eigenvalue weighted by Gasteiger charge is -2.17. The molecule has 0 radical (unpaired) electrons. The highest BCUT2D eigenvalue weighted by atomic mass is 15.3. The molecule has 0 aromatic carbocycles. The van der Waals surface area contributed by atoms with Crippen molar-refractivity contribution in [3.63, 3.8) is 0 Å². The molecular formula is C13H19N5. The Labute approximate surface area is 107 Å². The van der Waals surface area contributed by atoms with Crippen LogP contribution in [-0.4, -0.2) is 26.8 Å². The van der Waals surface area contributed by atoms with Crippen LogP contribution in [-0.2, 0) is 19.9 Å². The quantitative estimate of drug-likeness (QED) is 0.862. The van der Waals surface area contributed by atoms with E-state index in [2.05, 4.69) is 33.4 Å². The molecule has 5 nitrogen and oxygen atoms in total. The predicted molar refractivity (Wildman–Crippen MR) is 70.1 cm³/mol. The second-order valence-electron chi connectivity index (χ2n) is 4.25. The Hall–Kier alpha value is -1.75. The summed E-state index contributed by atoms with van der Waals surface area (Å²) in [6, 6.07) is 4.28. The monoisotopic (exact) mass is 245 g/mol. The molecule has 2 rings (SSSR count). The largest absolute Gasteiger partial charge is 0.311 e. The van der Waals surface area contributed by atoms with E-state index < -0.39 is 0 Å². The van der Waals surface area contributed by atoms with E-state index in [-0.39, 0.29) is 6.04 Å². The molecule has 0 bridgehead atoms. The summed E-state index contributed by atoms with van der Waals surface area (Å²) < 4.78 is 1.80. The second kappa shape index (κ2) is 5.73. The van der Waals surface area contributed by atoms with E-state index in [4.69, 9.17) is 0 Å². The minimum Gasteiger partial charge on any atom is -0.311 e. The summed E-state index contributed by atoms with van der Waals surface area (Å²) >= 11 is 0. The van der Waals surface area contributed by atoms with Gasteiger partial charge in [-0.2, -0.15) is 5.10 Å². The Kier molecular flexibility index (Phi) is 4.04. The lowest BCUT2D eigenvalue weighted by atomic mass is 10.0. The van der Waals surface area contributed by atoms with Crippen molar-refractivity contribution in [3.8, 4) is 0 Å². The summed E-state index contributed by atoms with van der Waals surface area (Å²) in [5.41, 5.74) is 2.38. The van der Waals surface area contributed by atoms with Crippen LogP contribution in [0.2, 0.25) is 0 Å². The number of hydrogen-bond donors (Lipinski definition) is 1. The maximum atomic E-state index is 4.51. The summed E-state index contributed by atoms with van der Waals surface area (Å²) in [6.45, 7) is 2.15. The Bertz CT molecular complexity index is 506. The average Bonchev–Trinajstić information content (AvgIpc) is 2.81. The van der Waals surface area contributed by atoms with Crippen molar-refractivity contribution in [3.05, 3.63) is 41.7 Å². The van der Waals surface area contributed by atoms with Gasteiger partial charge in [0.2, 0.25) is 0 Å². The fourth-order valence-electron chi connectivity index (χ4n) is 2.09. The molecule has 1 unspecified atom stereocenters. The van der Waals surface area contributed by atoms with Crippen molar-refractivity contribution in [2.45, 2.75) is 25.8 Å². The molecule has 2 aromatic rings. The molecule has 0 aliphatic heterocycles. The van der Waals surface area contributed by atoms with Gasteiger partial charge in [0, 0.05) is 19.7 Å². The number of hydrogen-bond acceptors (Lipinski definition) is 4. The Morgan fingerprint density at radius 2 is 2.22 bits per heavy atom. The molecule has 0 fully saturated rings. The minimum atomic E-state index is 0.170. The van der Waals surface area contributed by atoms with E-state index in [0.29, 0.717) is 0 Å². The Morgan fingerprint density at radius 1 is 1.39 bits per heavy atom. The third kappa shape index (κ3) is 2.56. The molecular weight excluding hydrogens is 226 g/mol. The summed E-state index contributed by atoms with van der Waals surface area (Å²) in [5.74, 6) is 0.960. The van der Waals surface area contributed by atoms with Crippen LogP contribution in [0.25, 0.3) is 0 Å². The van der Waals surface area contributed by atoms with Gasteiger partial charge in [-0.1, -0.05) is 13.0 Å². The van der Waals surface area contributed by atoms with Crippen molar-refractivity contribution in [1.82, 2.24) is 25.1 Å². The number of nitrogens with one attached hydrogen (secondary N) is 1. The molecule has 96 valence electrons.